The molecular weight excluding hydrogens is 256 g/mol. The summed E-state index contributed by atoms with van der Waals surface area (Å²) < 4.78 is 26.4. The van der Waals surface area contributed by atoms with Crippen molar-refractivity contribution in [3.8, 4) is 0 Å². The summed E-state index contributed by atoms with van der Waals surface area (Å²) in [6.45, 7) is -0.0511. The van der Waals surface area contributed by atoms with Crippen LogP contribution in [0.4, 0.5) is 14.5 Å². The molecule has 0 radical (unpaired) electrons. The van der Waals surface area contributed by atoms with Crippen LogP contribution in [0.1, 0.15) is 16.1 Å². The number of nitrogens with one attached hydrogen (secondary N) is 1. The van der Waals surface area contributed by atoms with Gasteiger partial charge in [-0.25, -0.2) is 23.5 Å². The highest BCUT2D eigenvalue weighted by Crippen LogP contribution is 2.17. The molecule has 2 rings (SSSR count). The monoisotopic (exact) mass is 265 g/mol. The normalized spacial score (nSPS) is 10.2. The summed E-state index contributed by atoms with van der Waals surface area (Å²) in [4.78, 5) is 18.3. The van der Waals surface area contributed by atoms with E-state index in [0.29, 0.717) is 0 Å². The standard InChI is InChI=1S/C12H9F2N3O2/c13-8-2-1-3-9(11(8)14)16-5-10-7(12(18)19)4-15-6-17-10/h1-4,6,16H,5H2,(H,18,19). The lowest BCUT2D eigenvalue weighted by atomic mass is 10.2. The van der Waals surface area contributed by atoms with Crippen molar-refractivity contribution in [3.63, 3.8) is 0 Å². The predicted octanol–water partition coefficient (Wildman–Crippen LogP) is 2.07. The molecule has 0 aliphatic carbocycles. The molecule has 2 N–H and O–H groups in total. The van der Waals surface area contributed by atoms with Gasteiger partial charge in [0, 0.05) is 6.20 Å². The van der Waals surface area contributed by atoms with Gasteiger partial charge in [-0.05, 0) is 12.1 Å². The minimum absolute atomic E-state index is 0.0511. The zero-order valence-electron chi connectivity index (χ0n) is 9.60. The number of aromatic carboxylic acids is 1. The van der Waals surface area contributed by atoms with Crippen molar-refractivity contribution in [1.82, 2.24) is 9.97 Å². The van der Waals surface area contributed by atoms with E-state index in [1.165, 1.54) is 18.5 Å². The molecule has 0 fully saturated rings. The molecular formula is C12H9F2N3O2. The molecule has 0 aliphatic rings. The predicted molar refractivity (Wildman–Crippen MR) is 62.7 cm³/mol. The second kappa shape index (κ2) is 5.38. The quantitative estimate of drug-likeness (QED) is 0.885. The maximum absolute atomic E-state index is 13.4. The molecule has 1 heterocycles. The van der Waals surface area contributed by atoms with E-state index < -0.39 is 17.6 Å². The van der Waals surface area contributed by atoms with Crippen molar-refractivity contribution in [2.24, 2.45) is 0 Å². The Morgan fingerprint density at radius 2 is 2.16 bits per heavy atom. The summed E-state index contributed by atoms with van der Waals surface area (Å²) in [5, 5.41) is 11.5. The Morgan fingerprint density at radius 1 is 1.37 bits per heavy atom. The van der Waals surface area contributed by atoms with Crippen LogP contribution in [0, 0.1) is 11.6 Å². The molecule has 0 spiro atoms. The van der Waals surface area contributed by atoms with Crippen LogP contribution >= 0.6 is 0 Å². The van der Waals surface area contributed by atoms with Crippen LogP contribution in [-0.4, -0.2) is 21.0 Å². The molecule has 0 aliphatic heterocycles. The largest absolute Gasteiger partial charge is 0.478 e. The van der Waals surface area contributed by atoms with Gasteiger partial charge in [0.2, 0.25) is 0 Å². The van der Waals surface area contributed by atoms with Crippen molar-refractivity contribution in [2.45, 2.75) is 6.54 Å². The number of carbonyl (C=O) groups is 1. The van der Waals surface area contributed by atoms with Crippen LogP contribution in [0.2, 0.25) is 0 Å². The molecule has 98 valence electrons. The van der Waals surface area contributed by atoms with Gasteiger partial charge in [-0.15, -0.1) is 0 Å². The van der Waals surface area contributed by atoms with Gasteiger partial charge in [-0.2, -0.15) is 0 Å². The number of carboxylic acids is 1. The average Bonchev–Trinajstić information content (AvgIpc) is 2.40. The molecule has 2 aromatic rings. The van der Waals surface area contributed by atoms with Crippen molar-refractivity contribution in [2.75, 3.05) is 5.32 Å². The van der Waals surface area contributed by atoms with E-state index >= 15 is 0 Å². The van der Waals surface area contributed by atoms with Crippen LogP contribution in [0.3, 0.4) is 0 Å². The fraction of sp³-hybridized carbons (Fsp3) is 0.0833. The zero-order valence-corrected chi connectivity index (χ0v) is 9.60. The van der Waals surface area contributed by atoms with Gasteiger partial charge in [0.1, 0.15) is 11.9 Å². The Morgan fingerprint density at radius 3 is 2.89 bits per heavy atom. The Balaban J connectivity index is 2.19. The molecule has 19 heavy (non-hydrogen) atoms. The Labute approximate surface area is 106 Å². The smallest absolute Gasteiger partial charge is 0.339 e. The van der Waals surface area contributed by atoms with E-state index in [0.717, 1.165) is 12.3 Å². The van der Waals surface area contributed by atoms with Gasteiger partial charge >= 0.3 is 5.97 Å². The molecule has 1 aromatic heterocycles. The molecule has 0 atom stereocenters. The second-order valence-electron chi connectivity index (χ2n) is 3.64. The van der Waals surface area contributed by atoms with E-state index in [2.05, 4.69) is 15.3 Å². The maximum atomic E-state index is 13.4. The number of nitrogens with zero attached hydrogens (tertiary/aromatic N) is 2. The first-order chi connectivity index (χ1) is 9.09. The SMILES string of the molecule is O=C(O)c1cncnc1CNc1cccc(F)c1F. The van der Waals surface area contributed by atoms with Crippen molar-refractivity contribution < 1.29 is 18.7 Å². The van der Waals surface area contributed by atoms with E-state index in [4.69, 9.17) is 5.11 Å². The van der Waals surface area contributed by atoms with Crippen molar-refractivity contribution in [3.05, 3.63) is 53.6 Å². The summed E-state index contributed by atoms with van der Waals surface area (Å²) in [6.07, 6.45) is 2.33. The molecule has 0 saturated heterocycles. The third-order valence-electron chi connectivity index (χ3n) is 2.42. The lowest BCUT2D eigenvalue weighted by molar-refractivity contribution is 0.0694. The van der Waals surface area contributed by atoms with Gasteiger partial charge in [0.05, 0.1) is 17.9 Å². The minimum Gasteiger partial charge on any atom is -0.478 e. The number of anilines is 1. The summed E-state index contributed by atoms with van der Waals surface area (Å²) in [5.74, 6) is -3.18. The Hall–Kier alpha value is -2.57. The molecule has 0 bridgehead atoms. The summed E-state index contributed by atoms with van der Waals surface area (Å²) in [7, 11) is 0. The minimum atomic E-state index is -1.18. The number of carboxylic acid groups (broad SMARTS) is 1. The lowest BCUT2D eigenvalue weighted by Crippen LogP contribution is -2.11. The summed E-state index contributed by atoms with van der Waals surface area (Å²) >= 11 is 0. The number of halogens is 2. The van der Waals surface area contributed by atoms with Gasteiger partial charge in [0.25, 0.3) is 0 Å². The molecule has 5 nitrogen and oxygen atoms in total. The van der Waals surface area contributed by atoms with Crippen LogP contribution in [0.15, 0.2) is 30.7 Å². The first kappa shape index (κ1) is 12.9. The van der Waals surface area contributed by atoms with Crippen LogP contribution in [-0.2, 0) is 6.54 Å². The van der Waals surface area contributed by atoms with E-state index in [1.54, 1.807) is 0 Å². The number of aromatic nitrogens is 2. The number of hydrogen-bond donors (Lipinski definition) is 2. The maximum Gasteiger partial charge on any atom is 0.339 e. The average molecular weight is 265 g/mol. The number of benzene rings is 1. The highest BCUT2D eigenvalue weighted by atomic mass is 19.2. The first-order valence-electron chi connectivity index (χ1n) is 5.29. The van der Waals surface area contributed by atoms with E-state index in [1.807, 2.05) is 0 Å². The van der Waals surface area contributed by atoms with Gasteiger partial charge in [-0.3, -0.25) is 0 Å². The molecule has 0 unspecified atom stereocenters. The summed E-state index contributed by atoms with van der Waals surface area (Å²) in [5.41, 5.74) is 0.0351. The summed E-state index contributed by atoms with van der Waals surface area (Å²) in [6, 6.07) is 3.69. The van der Waals surface area contributed by atoms with E-state index in [9.17, 15) is 13.6 Å². The molecule has 0 amide bonds. The highest BCUT2D eigenvalue weighted by molar-refractivity contribution is 5.88. The fourth-order valence-corrected chi connectivity index (χ4v) is 1.49. The van der Waals surface area contributed by atoms with E-state index in [-0.39, 0.29) is 23.5 Å². The first-order valence-corrected chi connectivity index (χ1v) is 5.29. The molecule has 0 saturated carbocycles. The third-order valence-corrected chi connectivity index (χ3v) is 2.42. The third kappa shape index (κ3) is 2.82. The Bertz CT molecular complexity index is 620. The van der Waals surface area contributed by atoms with Gasteiger partial charge < -0.3 is 10.4 Å². The van der Waals surface area contributed by atoms with Crippen molar-refractivity contribution in [1.29, 1.82) is 0 Å². The zero-order chi connectivity index (χ0) is 13.8. The lowest BCUT2D eigenvalue weighted by Gasteiger charge is -2.08. The Kier molecular flexibility index (Phi) is 3.65. The van der Waals surface area contributed by atoms with Gasteiger partial charge in [-0.1, -0.05) is 6.07 Å². The fourth-order valence-electron chi connectivity index (χ4n) is 1.49. The van der Waals surface area contributed by atoms with Crippen LogP contribution < -0.4 is 5.32 Å². The van der Waals surface area contributed by atoms with Crippen LogP contribution in [0.5, 0.6) is 0 Å². The topological polar surface area (TPSA) is 75.1 Å². The van der Waals surface area contributed by atoms with Gasteiger partial charge in [0.15, 0.2) is 11.6 Å². The van der Waals surface area contributed by atoms with Crippen LogP contribution in [0.25, 0.3) is 0 Å². The van der Waals surface area contributed by atoms with Crippen molar-refractivity contribution >= 4 is 11.7 Å². The number of hydrogen-bond acceptors (Lipinski definition) is 4. The second-order valence-corrected chi connectivity index (χ2v) is 3.64. The number of rotatable bonds is 4. The molecule has 1 aromatic carbocycles. The highest BCUT2D eigenvalue weighted by Gasteiger charge is 2.12. The molecule has 7 heteroatoms.